The second-order valence-electron chi connectivity index (χ2n) is 8.41. The summed E-state index contributed by atoms with van der Waals surface area (Å²) in [6.45, 7) is 9.82. The third-order valence-corrected chi connectivity index (χ3v) is 5.50. The number of anilines is 1. The SMILES string of the molecule is CCC(C)c1ccc2oc(-c3ccc(Cl)c(NC(=S)NC(=O)C(C)(C)C)c3)nc2c1. The first-order valence-corrected chi connectivity index (χ1v) is 10.7. The largest absolute Gasteiger partial charge is 0.436 e. The standard InChI is InChI=1S/C23H26ClN3O2S/c1-6-13(2)14-8-10-19-18(11-14)25-20(29-19)15-7-9-16(24)17(12-15)26-22(30)27-21(28)23(3,4)5/h7-13H,6H2,1-5H3,(H2,26,27,28,30). The van der Waals surface area contributed by atoms with Crippen molar-refractivity contribution >= 4 is 51.6 Å². The Morgan fingerprint density at radius 1 is 1.23 bits per heavy atom. The first-order valence-electron chi connectivity index (χ1n) is 9.91. The number of halogens is 1. The zero-order chi connectivity index (χ0) is 22.1. The molecule has 7 heteroatoms. The summed E-state index contributed by atoms with van der Waals surface area (Å²) >= 11 is 11.6. The topological polar surface area (TPSA) is 67.2 Å². The number of benzene rings is 2. The lowest BCUT2D eigenvalue weighted by atomic mass is 9.96. The number of amides is 1. The van der Waals surface area contributed by atoms with E-state index in [1.807, 2.05) is 32.9 Å². The van der Waals surface area contributed by atoms with Crippen LogP contribution in [0.2, 0.25) is 5.02 Å². The quantitative estimate of drug-likeness (QED) is 0.449. The first-order chi connectivity index (χ1) is 14.1. The molecular weight excluding hydrogens is 418 g/mol. The number of fused-ring (bicyclic) bond motifs is 1. The summed E-state index contributed by atoms with van der Waals surface area (Å²) in [7, 11) is 0. The highest BCUT2D eigenvalue weighted by atomic mass is 35.5. The van der Waals surface area contributed by atoms with Gasteiger partial charge < -0.3 is 15.1 Å². The average molecular weight is 444 g/mol. The third kappa shape index (κ3) is 4.99. The predicted octanol–water partition coefficient (Wildman–Crippen LogP) is 6.52. The summed E-state index contributed by atoms with van der Waals surface area (Å²) in [4.78, 5) is 16.8. The Balaban J connectivity index is 1.86. The zero-order valence-corrected chi connectivity index (χ0v) is 19.4. The van der Waals surface area contributed by atoms with E-state index in [-0.39, 0.29) is 11.0 Å². The third-order valence-electron chi connectivity index (χ3n) is 4.96. The van der Waals surface area contributed by atoms with Gasteiger partial charge in [0.05, 0.1) is 10.7 Å². The number of nitrogens with zero attached hydrogens (tertiary/aromatic N) is 1. The van der Waals surface area contributed by atoms with Crippen molar-refractivity contribution in [2.24, 2.45) is 5.41 Å². The summed E-state index contributed by atoms with van der Waals surface area (Å²) in [5, 5.41) is 6.33. The van der Waals surface area contributed by atoms with Crippen LogP contribution in [-0.2, 0) is 4.79 Å². The number of nitrogens with one attached hydrogen (secondary N) is 2. The van der Waals surface area contributed by atoms with Gasteiger partial charge in [-0.15, -0.1) is 0 Å². The molecule has 0 aliphatic carbocycles. The van der Waals surface area contributed by atoms with Crippen molar-refractivity contribution in [1.82, 2.24) is 10.3 Å². The molecule has 1 amide bonds. The highest BCUT2D eigenvalue weighted by Gasteiger charge is 2.22. The fraction of sp³-hybridized carbons (Fsp3) is 0.348. The van der Waals surface area contributed by atoms with Gasteiger partial charge in [0.25, 0.3) is 0 Å². The summed E-state index contributed by atoms with van der Waals surface area (Å²) in [6.07, 6.45) is 1.06. The Morgan fingerprint density at radius 3 is 2.63 bits per heavy atom. The van der Waals surface area contributed by atoms with Crippen LogP contribution in [0.3, 0.4) is 0 Å². The van der Waals surface area contributed by atoms with Gasteiger partial charge in [-0.25, -0.2) is 4.98 Å². The van der Waals surface area contributed by atoms with Gasteiger partial charge >= 0.3 is 0 Å². The van der Waals surface area contributed by atoms with Crippen molar-refractivity contribution in [3.63, 3.8) is 0 Å². The van der Waals surface area contributed by atoms with Crippen molar-refractivity contribution in [1.29, 1.82) is 0 Å². The molecule has 2 N–H and O–H groups in total. The fourth-order valence-electron chi connectivity index (χ4n) is 2.81. The van der Waals surface area contributed by atoms with Crippen LogP contribution < -0.4 is 10.6 Å². The highest BCUT2D eigenvalue weighted by Crippen LogP contribution is 2.31. The smallest absolute Gasteiger partial charge is 0.231 e. The van der Waals surface area contributed by atoms with Crippen LogP contribution in [-0.4, -0.2) is 16.0 Å². The Labute approximate surface area is 187 Å². The molecule has 0 radical (unpaired) electrons. The second kappa shape index (κ2) is 8.74. The monoisotopic (exact) mass is 443 g/mol. The van der Waals surface area contributed by atoms with E-state index >= 15 is 0 Å². The molecule has 2 aromatic carbocycles. The molecule has 0 saturated heterocycles. The maximum absolute atomic E-state index is 12.1. The summed E-state index contributed by atoms with van der Waals surface area (Å²) in [6, 6.07) is 11.5. The predicted molar refractivity (Wildman–Crippen MR) is 127 cm³/mol. The van der Waals surface area contributed by atoms with Gasteiger partial charge in [-0.1, -0.05) is 52.3 Å². The molecule has 1 unspecified atom stereocenters. The maximum Gasteiger partial charge on any atom is 0.231 e. The highest BCUT2D eigenvalue weighted by molar-refractivity contribution is 7.80. The van der Waals surface area contributed by atoms with Crippen LogP contribution in [0.25, 0.3) is 22.6 Å². The Hall–Kier alpha value is -2.44. The number of aromatic nitrogens is 1. The minimum absolute atomic E-state index is 0.177. The molecule has 1 aromatic heterocycles. The molecule has 0 spiro atoms. The van der Waals surface area contributed by atoms with Crippen molar-refractivity contribution in [3.8, 4) is 11.5 Å². The average Bonchev–Trinajstić information content (AvgIpc) is 3.11. The molecule has 3 aromatic rings. The van der Waals surface area contributed by atoms with E-state index in [1.165, 1.54) is 5.56 Å². The van der Waals surface area contributed by atoms with Crippen LogP contribution >= 0.6 is 23.8 Å². The van der Waals surface area contributed by atoms with Crippen LogP contribution in [0.4, 0.5) is 5.69 Å². The lowest BCUT2D eigenvalue weighted by Crippen LogP contribution is -2.41. The maximum atomic E-state index is 12.1. The van der Waals surface area contributed by atoms with E-state index < -0.39 is 5.41 Å². The van der Waals surface area contributed by atoms with Gasteiger partial charge in [-0.2, -0.15) is 0 Å². The molecule has 1 heterocycles. The second-order valence-corrected chi connectivity index (χ2v) is 9.22. The molecule has 0 aliphatic heterocycles. The molecule has 30 heavy (non-hydrogen) atoms. The van der Waals surface area contributed by atoms with Crippen molar-refractivity contribution < 1.29 is 9.21 Å². The lowest BCUT2D eigenvalue weighted by Gasteiger charge is -2.19. The van der Waals surface area contributed by atoms with E-state index in [0.29, 0.717) is 22.5 Å². The summed E-state index contributed by atoms with van der Waals surface area (Å²) < 4.78 is 5.95. The molecule has 0 saturated carbocycles. The van der Waals surface area contributed by atoms with Gasteiger partial charge in [0.15, 0.2) is 10.7 Å². The van der Waals surface area contributed by atoms with Crippen molar-refractivity contribution in [2.45, 2.75) is 47.0 Å². The van der Waals surface area contributed by atoms with E-state index in [2.05, 4.69) is 41.6 Å². The van der Waals surface area contributed by atoms with E-state index in [9.17, 15) is 4.79 Å². The van der Waals surface area contributed by atoms with Crippen LogP contribution in [0.15, 0.2) is 40.8 Å². The normalized spacial score (nSPS) is 12.6. The number of hydrogen-bond acceptors (Lipinski definition) is 4. The van der Waals surface area contributed by atoms with E-state index in [0.717, 1.165) is 23.1 Å². The fourth-order valence-corrected chi connectivity index (χ4v) is 3.18. The number of carbonyl (C=O) groups excluding carboxylic acids is 1. The Bertz CT molecular complexity index is 1100. The minimum atomic E-state index is -0.552. The van der Waals surface area contributed by atoms with Crippen LogP contribution in [0.5, 0.6) is 0 Å². The summed E-state index contributed by atoms with van der Waals surface area (Å²) in [5.74, 6) is 0.782. The molecule has 0 aliphatic rings. The lowest BCUT2D eigenvalue weighted by molar-refractivity contribution is -0.126. The molecule has 5 nitrogen and oxygen atoms in total. The number of carbonyl (C=O) groups is 1. The van der Waals surface area contributed by atoms with Crippen LogP contribution in [0, 0.1) is 5.41 Å². The van der Waals surface area contributed by atoms with Gasteiger partial charge in [-0.3, -0.25) is 4.79 Å². The number of oxazole rings is 1. The van der Waals surface area contributed by atoms with E-state index in [1.54, 1.807) is 12.1 Å². The molecule has 0 fully saturated rings. The van der Waals surface area contributed by atoms with Gasteiger partial charge in [0.2, 0.25) is 11.8 Å². The van der Waals surface area contributed by atoms with Gasteiger partial charge in [-0.05, 0) is 60.5 Å². The number of thiocarbonyl (C=S) groups is 1. The minimum Gasteiger partial charge on any atom is -0.436 e. The van der Waals surface area contributed by atoms with Crippen molar-refractivity contribution in [3.05, 3.63) is 47.0 Å². The Kier molecular flexibility index (Phi) is 6.48. The number of hydrogen-bond donors (Lipinski definition) is 2. The van der Waals surface area contributed by atoms with Crippen LogP contribution in [0.1, 0.15) is 52.5 Å². The summed E-state index contributed by atoms with van der Waals surface area (Å²) in [5.41, 5.74) is 3.56. The number of rotatable bonds is 4. The first kappa shape index (κ1) is 22.2. The Morgan fingerprint density at radius 2 is 1.97 bits per heavy atom. The zero-order valence-electron chi connectivity index (χ0n) is 17.8. The van der Waals surface area contributed by atoms with E-state index in [4.69, 9.17) is 28.2 Å². The molecule has 0 bridgehead atoms. The molecular formula is C23H26ClN3O2S. The van der Waals surface area contributed by atoms with Gasteiger partial charge in [0.1, 0.15) is 5.52 Å². The van der Waals surface area contributed by atoms with Gasteiger partial charge in [0, 0.05) is 11.0 Å². The van der Waals surface area contributed by atoms with Crippen molar-refractivity contribution in [2.75, 3.05) is 5.32 Å². The molecule has 158 valence electrons. The molecule has 1 atom stereocenters. The molecule has 3 rings (SSSR count).